The zero-order valence-corrected chi connectivity index (χ0v) is 18.6. The molecule has 1 atom stereocenters. The smallest absolute Gasteiger partial charge is 0.225 e. The molecular weight excluding hydrogens is 386 g/mol. The van der Waals surface area contributed by atoms with Gasteiger partial charge >= 0.3 is 0 Å². The number of hydrogen-bond donors (Lipinski definition) is 1. The molecule has 5 heteroatoms. The number of nitrogens with zero attached hydrogens (tertiary/aromatic N) is 2. The van der Waals surface area contributed by atoms with Crippen LogP contribution in [0.1, 0.15) is 38.2 Å². The van der Waals surface area contributed by atoms with Crippen molar-refractivity contribution in [2.75, 3.05) is 37.6 Å². The summed E-state index contributed by atoms with van der Waals surface area (Å²) in [6.07, 6.45) is 4.37. The lowest BCUT2D eigenvalue weighted by molar-refractivity contribution is -0.129. The highest BCUT2D eigenvalue weighted by molar-refractivity contribution is 5.89. The first kappa shape index (κ1) is 22.9. The van der Waals surface area contributed by atoms with Gasteiger partial charge in [-0.1, -0.05) is 61.9 Å². The van der Waals surface area contributed by atoms with Crippen LogP contribution in [-0.4, -0.2) is 49.4 Å². The van der Waals surface area contributed by atoms with Crippen molar-refractivity contribution in [1.29, 1.82) is 0 Å². The molecule has 1 unspecified atom stereocenters. The van der Waals surface area contributed by atoms with E-state index >= 15 is 0 Å². The molecule has 1 aliphatic heterocycles. The first-order chi connectivity index (χ1) is 15.2. The van der Waals surface area contributed by atoms with Crippen LogP contribution in [0, 0.1) is 5.92 Å². The van der Waals surface area contributed by atoms with Crippen LogP contribution in [0.2, 0.25) is 0 Å². The highest BCUT2D eigenvalue weighted by Gasteiger charge is 2.33. The van der Waals surface area contributed by atoms with Gasteiger partial charge in [-0.25, -0.2) is 0 Å². The maximum Gasteiger partial charge on any atom is 0.225 e. The van der Waals surface area contributed by atoms with E-state index in [-0.39, 0.29) is 17.7 Å². The van der Waals surface area contributed by atoms with E-state index in [1.807, 2.05) is 29.2 Å². The van der Waals surface area contributed by atoms with Crippen molar-refractivity contribution in [3.05, 3.63) is 66.2 Å². The minimum atomic E-state index is -0.228. The summed E-state index contributed by atoms with van der Waals surface area (Å²) in [7, 11) is 0. The third-order valence-electron chi connectivity index (χ3n) is 5.91. The molecule has 0 saturated carbocycles. The second-order valence-corrected chi connectivity index (χ2v) is 8.30. The van der Waals surface area contributed by atoms with Crippen LogP contribution in [0.25, 0.3) is 0 Å². The Morgan fingerprint density at radius 3 is 2.42 bits per heavy atom. The molecule has 166 valence electrons. The van der Waals surface area contributed by atoms with E-state index in [0.29, 0.717) is 26.1 Å². The van der Waals surface area contributed by atoms with Crippen molar-refractivity contribution in [2.24, 2.45) is 5.92 Å². The highest BCUT2D eigenvalue weighted by Crippen LogP contribution is 2.19. The second-order valence-electron chi connectivity index (χ2n) is 8.30. The van der Waals surface area contributed by atoms with Crippen molar-refractivity contribution in [3.8, 4) is 0 Å². The Labute approximate surface area is 186 Å². The van der Waals surface area contributed by atoms with Gasteiger partial charge in [0.2, 0.25) is 11.8 Å². The van der Waals surface area contributed by atoms with Crippen LogP contribution in [0.4, 0.5) is 5.69 Å². The lowest BCUT2D eigenvalue weighted by atomic mass is 10.1. The van der Waals surface area contributed by atoms with Crippen LogP contribution in [0.3, 0.4) is 0 Å². The van der Waals surface area contributed by atoms with E-state index in [4.69, 9.17) is 0 Å². The van der Waals surface area contributed by atoms with Crippen LogP contribution < -0.4 is 10.2 Å². The molecule has 1 heterocycles. The Bertz CT molecular complexity index is 810. The predicted molar refractivity (Wildman–Crippen MR) is 126 cm³/mol. The fourth-order valence-electron chi connectivity index (χ4n) is 4.06. The molecule has 0 bridgehead atoms. The molecule has 2 aromatic carbocycles. The standard InChI is InChI=1S/C26H35N3O2/c1-2-3-17-28(24-13-8-5-9-14-24)18-10-16-27-26(31)23-20-25(30)29(21-23)19-15-22-11-6-4-7-12-22/h4-9,11-14,23H,2-3,10,15-21H2,1H3,(H,27,31). The van der Waals surface area contributed by atoms with Gasteiger partial charge in [-0.2, -0.15) is 0 Å². The monoisotopic (exact) mass is 421 g/mol. The second kappa shape index (κ2) is 12.1. The highest BCUT2D eigenvalue weighted by atomic mass is 16.2. The van der Waals surface area contributed by atoms with Gasteiger partial charge in [-0.3, -0.25) is 9.59 Å². The number of carbonyl (C=O) groups excluding carboxylic acids is 2. The number of nitrogens with one attached hydrogen (secondary N) is 1. The summed E-state index contributed by atoms with van der Waals surface area (Å²) in [6, 6.07) is 20.6. The van der Waals surface area contributed by atoms with Gasteiger partial charge in [0.25, 0.3) is 0 Å². The maximum absolute atomic E-state index is 12.6. The predicted octanol–water partition coefficient (Wildman–Crippen LogP) is 3.89. The van der Waals surface area contributed by atoms with Crippen LogP contribution in [-0.2, 0) is 16.0 Å². The number of amides is 2. The molecule has 31 heavy (non-hydrogen) atoms. The third kappa shape index (κ3) is 7.12. The fourth-order valence-corrected chi connectivity index (χ4v) is 4.06. The van der Waals surface area contributed by atoms with Gasteiger partial charge in [-0.15, -0.1) is 0 Å². The average Bonchev–Trinajstić information content (AvgIpc) is 3.19. The molecule has 0 radical (unpaired) electrons. The van der Waals surface area contributed by atoms with Gasteiger partial charge < -0.3 is 15.1 Å². The zero-order chi connectivity index (χ0) is 21.9. The summed E-state index contributed by atoms with van der Waals surface area (Å²) in [5, 5.41) is 3.06. The number of rotatable bonds is 12. The summed E-state index contributed by atoms with van der Waals surface area (Å²) in [6.45, 7) is 6.00. The van der Waals surface area contributed by atoms with Gasteiger partial charge in [0.15, 0.2) is 0 Å². The quantitative estimate of drug-likeness (QED) is 0.529. The topological polar surface area (TPSA) is 52.7 Å². The molecular formula is C26H35N3O2. The van der Waals surface area contributed by atoms with Gasteiger partial charge in [0.1, 0.15) is 0 Å². The number of para-hydroxylation sites is 1. The Morgan fingerprint density at radius 1 is 1.03 bits per heavy atom. The molecule has 0 aromatic heterocycles. The lowest BCUT2D eigenvalue weighted by Crippen LogP contribution is -2.35. The first-order valence-electron chi connectivity index (χ1n) is 11.6. The largest absolute Gasteiger partial charge is 0.371 e. The number of benzene rings is 2. The number of unbranched alkanes of at least 4 members (excludes halogenated alkanes) is 1. The molecule has 0 aliphatic carbocycles. The summed E-state index contributed by atoms with van der Waals surface area (Å²) < 4.78 is 0. The summed E-state index contributed by atoms with van der Waals surface area (Å²) in [4.78, 5) is 29.1. The molecule has 1 fully saturated rings. The van der Waals surface area contributed by atoms with Crippen LogP contribution in [0.5, 0.6) is 0 Å². The third-order valence-corrected chi connectivity index (χ3v) is 5.91. The lowest BCUT2D eigenvalue weighted by Gasteiger charge is -2.25. The van der Waals surface area contributed by atoms with E-state index in [2.05, 4.69) is 53.5 Å². The number of anilines is 1. The normalized spacial score (nSPS) is 15.8. The van der Waals surface area contributed by atoms with Crippen molar-refractivity contribution in [3.63, 3.8) is 0 Å². The SMILES string of the molecule is CCCCN(CCCNC(=O)C1CC(=O)N(CCc2ccccc2)C1)c1ccccc1. The Hall–Kier alpha value is -2.82. The fraction of sp³-hybridized carbons (Fsp3) is 0.462. The summed E-state index contributed by atoms with van der Waals surface area (Å²) in [5.74, 6) is -0.130. The Morgan fingerprint density at radius 2 is 1.71 bits per heavy atom. The molecule has 5 nitrogen and oxygen atoms in total. The molecule has 1 N–H and O–H groups in total. The maximum atomic E-state index is 12.6. The van der Waals surface area contributed by atoms with Gasteiger partial charge in [0, 0.05) is 44.8 Å². The van der Waals surface area contributed by atoms with E-state index in [1.54, 1.807) is 0 Å². The van der Waals surface area contributed by atoms with E-state index < -0.39 is 0 Å². The molecule has 1 aliphatic rings. The summed E-state index contributed by atoms with van der Waals surface area (Å²) >= 11 is 0. The minimum absolute atomic E-state index is 0.00961. The van der Waals surface area contributed by atoms with Crippen molar-refractivity contribution in [1.82, 2.24) is 10.2 Å². The Kier molecular flexibility index (Phi) is 8.95. The molecule has 3 rings (SSSR count). The van der Waals surface area contributed by atoms with Gasteiger partial charge in [-0.05, 0) is 37.0 Å². The zero-order valence-electron chi connectivity index (χ0n) is 18.6. The molecule has 2 aromatic rings. The van der Waals surface area contributed by atoms with E-state index in [0.717, 1.165) is 38.8 Å². The van der Waals surface area contributed by atoms with Crippen LogP contribution in [0.15, 0.2) is 60.7 Å². The van der Waals surface area contributed by atoms with Gasteiger partial charge in [0.05, 0.1) is 5.92 Å². The van der Waals surface area contributed by atoms with E-state index in [1.165, 1.54) is 11.3 Å². The average molecular weight is 422 g/mol. The first-order valence-corrected chi connectivity index (χ1v) is 11.6. The van der Waals surface area contributed by atoms with Crippen molar-refractivity contribution < 1.29 is 9.59 Å². The number of likely N-dealkylation sites (tertiary alicyclic amines) is 1. The van der Waals surface area contributed by atoms with E-state index in [9.17, 15) is 9.59 Å². The molecule has 0 spiro atoms. The Balaban J connectivity index is 1.39. The number of carbonyl (C=O) groups is 2. The summed E-state index contributed by atoms with van der Waals surface area (Å²) in [5.41, 5.74) is 2.45. The molecule has 1 saturated heterocycles. The minimum Gasteiger partial charge on any atom is -0.371 e. The number of hydrogen-bond acceptors (Lipinski definition) is 3. The van der Waals surface area contributed by atoms with Crippen molar-refractivity contribution >= 4 is 17.5 Å². The van der Waals surface area contributed by atoms with Crippen molar-refractivity contribution in [2.45, 2.75) is 39.0 Å². The molecule has 2 amide bonds. The van der Waals surface area contributed by atoms with Crippen LogP contribution >= 0.6 is 0 Å².